The van der Waals surface area contributed by atoms with Gasteiger partial charge >= 0.3 is 0 Å². The first-order valence-corrected chi connectivity index (χ1v) is 11.5. The first kappa shape index (κ1) is 22.9. The molecule has 0 saturated carbocycles. The van der Waals surface area contributed by atoms with Crippen LogP contribution in [0.15, 0.2) is 108 Å². The monoisotopic (exact) mass is 468 g/mol. The van der Waals surface area contributed by atoms with Crippen molar-refractivity contribution in [3.8, 4) is 11.1 Å². The van der Waals surface area contributed by atoms with Gasteiger partial charge in [0.2, 0.25) is 0 Å². The Kier molecular flexibility index (Phi) is 7.15. The van der Waals surface area contributed by atoms with Crippen molar-refractivity contribution >= 4 is 34.8 Å². The number of nitrogens with one attached hydrogen (secondary N) is 1. The Morgan fingerprint density at radius 2 is 1.44 bits per heavy atom. The zero-order chi connectivity index (χ0) is 23.9. The second-order valence-electron chi connectivity index (χ2n) is 7.44. The number of nitrogens with zero attached hydrogens (tertiary/aromatic N) is 1. The lowest BCUT2D eigenvalue weighted by atomic mass is 10.0. The van der Waals surface area contributed by atoms with E-state index in [1.54, 1.807) is 12.1 Å². The number of nitro groups is 1. The van der Waals surface area contributed by atoms with Gasteiger partial charge in [-0.2, -0.15) is 0 Å². The van der Waals surface area contributed by atoms with E-state index >= 15 is 0 Å². The minimum absolute atomic E-state index is 0.0349. The van der Waals surface area contributed by atoms with Crippen LogP contribution in [0.25, 0.3) is 11.1 Å². The molecule has 0 heterocycles. The molecule has 0 fully saturated rings. The van der Waals surface area contributed by atoms with Gasteiger partial charge in [-0.1, -0.05) is 60.7 Å². The second-order valence-corrected chi connectivity index (χ2v) is 8.49. The number of non-ortho nitro benzene ring substituents is 1. The third kappa shape index (κ3) is 5.76. The molecule has 4 aromatic carbocycles. The molecule has 1 amide bonds. The Balaban J connectivity index is 1.32. The molecule has 4 rings (SSSR count). The molecule has 1 N–H and O–H groups in total. The lowest BCUT2D eigenvalue weighted by Gasteiger charge is -2.07. The summed E-state index contributed by atoms with van der Waals surface area (Å²) >= 11 is 1.42. The average Bonchev–Trinajstić information content (AvgIpc) is 2.88. The van der Waals surface area contributed by atoms with Crippen molar-refractivity contribution in [3.63, 3.8) is 0 Å². The van der Waals surface area contributed by atoms with Crippen LogP contribution in [0, 0.1) is 10.1 Å². The van der Waals surface area contributed by atoms with E-state index in [1.807, 2.05) is 66.7 Å². The van der Waals surface area contributed by atoms with Crippen LogP contribution in [0.2, 0.25) is 0 Å². The summed E-state index contributed by atoms with van der Waals surface area (Å²) < 4.78 is 0. The van der Waals surface area contributed by atoms with Crippen molar-refractivity contribution in [2.24, 2.45) is 0 Å². The van der Waals surface area contributed by atoms with E-state index in [-0.39, 0.29) is 17.0 Å². The number of ketones is 1. The zero-order valence-electron chi connectivity index (χ0n) is 18.0. The Labute approximate surface area is 200 Å². The average molecular weight is 469 g/mol. The quantitative estimate of drug-likeness (QED) is 0.138. The highest BCUT2D eigenvalue weighted by atomic mass is 32.2. The van der Waals surface area contributed by atoms with Gasteiger partial charge in [0.15, 0.2) is 5.78 Å². The van der Waals surface area contributed by atoms with Crippen molar-refractivity contribution in [2.75, 3.05) is 11.1 Å². The Hall–Kier alpha value is -4.23. The molecule has 168 valence electrons. The minimum atomic E-state index is -0.540. The molecular formula is C27H20N2O4S. The number of thioether (sulfide) groups is 1. The van der Waals surface area contributed by atoms with Gasteiger partial charge in [0.05, 0.1) is 10.7 Å². The van der Waals surface area contributed by atoms with Crippen LogP contribution in [0.5, 0.6) is 0 Å². The van der Waals surface area contributed by atoms with Gasteiger partial charge in [-0.15, -0.1) is 11.8 Å². The van der Waals surface area contributed by atoms with Crippen LogP contribution in [0.4, 0.5) is 11.4 Å². The topological polar surface area (TPSA) is 89.3 Å². The molecular weight excluding hydrogens is 448 g/mol. The summed E-state index contributed by atoms with van der Waals surface area (Å²) in [6, 6.07) is 30.2. The molecule has 0 saturated heterocycles. The van der Waals surface area contributed by atoms with Crippen LogP contribution in [0.3, 0.4) is 0 Å². The van der Waals surface area contributed by atoms with Crippen molar-refractivity contribution in [3.05, 3.63) is 124 Å². The molecule has 0 radical (unpaired) electrons. The Morgan fingerprint density at radius 3 is 2.12 bits per heavy atom. The first-order chi connectivity index (χ1) is 16.5. The predicted octanol–water partition coefficient (Wildman–Crippen LogP) is 6.49. The third-order valence-corrected chi connectivity index (χ3v) is 6.13. The number of nitro benzene ring substituents is 1. The SMILES string of the molecule is O=C(CSc1ccc(NC(=O)c2cccc([N+](=O)[O-])c2)cc1)c1ccc(-c2ccccc2)cc1. The number of rotatable bonds is 8. The van der Waals surface area contributed by atoms with E-state index in [4.69, 9.17) is 0 Å². The highest BCUT2D eigenvalue weighted by molar-refractivity contribution is 8.00. The number of amides is 1. The summed E-state index contributed by atoms with van der Waals surface area (Å²) in [5.41, 5.74) is 3.45. The van der Waals surface area contributed by atoms with E-state index < -0.39 is 10.8 Å². The van der Waals surface area contributed by atoms with Gasteiger partial charge in [0.1, 0.15) is 0 Å². The van der Waals surface area contributed by atoms with Crippen LogP contribution in [0.1, 0.15) is 20.7 Å². The van der Waals surface area contributed by atoms with Gasteiger partial charge in [-0.3, -0.25) is 19.7 Å². The first-order valence-electron chi connectivity index (χ1n) is 10.5. The second kappa shape index (κ2) is 10.6. The zero-order valence-corrected chi connectivity index (χ0v) is 18.8. The van der Waals surface area contributed by atoms with E-state index in [9.17, 15) is 19.7 Å². The number of anilines is 1. The minimum Gasteiger partial charge on any atom is -0.322 e. The maximum atomic E-state index is 12.6. The van der Waals surface area contributed by atoms with Crippen LogP contribution in [-0.4, -0.2) is 22.4 Å². The van der Waals surface area contributed by atoms with E-state index in [1.165, 1.54) is 36.0 Å². The van der Waals surface area contributed by atoms with E-state index in [0.29, 0.717) is 17.0 Å². The Bertz CT molecular complexity index is 1320. The molecule has 34 heavy (non-hydrogen) atoms. The van der Waals surface area contributed by atoms with Crippen molar-refractivity contribution in [1.29, 1.82) is 0 Å². The summed E-state index contributed by atoms with van der Waals surface area (Å²) in [6.07, 6.45) is 0. The smallest absolute Gasteiger partial charge is 0.270 e. The summed E-state index contributed by atoms with van der Waals surface area (Å²) in [5, 5.41) is 13.6. The van der Waals surface area contributed by atoms with E-state index in [2.05, 4.69) is 5.32 Å². The largest absolute Gasteiger partial charge is 0.322 e. The molecule has 0 atom stereocenters. The summed E-state index contributed by atoms with van der Waals surface area (Å²) in [7, 11) is 0. The number of hydrogen-bond donors (Lipinski definition) is 1. The third-order valence-electron chi connectivity index (χ3n) is 5.12. The molecule has 0 spiro atoms. The van der Waals surface area contributed by atoms with Gasteiger partial charge in [-0.25, -0.2) is 0 Å². The normalized spacial score (nSPS) is 10.5. The molecule has 0 unspecified atom stereocenters. The number of hydrogen-bond acceptors (Lipinski definition) is 5. The fourth-order valence-electron chi connectivity index (χ4n) is 3.31. The predicted molar refractivity (Wildman–Crippen MR) is 134 cm³/mol. The maximum absolute atomic E-state index is 12.6. The number of carbonyl (C=O) groups is 2. The van der Waals surface area contributed by atoms with Gasteiger partial charge < -0.3 is 5.32 Å². The fraction of sp³-hybridized carbons (Fsp3) is 0.0370. The van der Waals surface area contributed by atoms with Gasteiger partial charge in [0.25, 0.3) is 11.6 Å². The van der Waals surface area contributed by atoms with Crippen molar-refractivity contribution in [2.45, 2.75) is 4.90 Å². The molecule has 7 heteroatoms. The van der Waals surface area contributed by atoms with E-state index in [0.717, 1.165) is 16.0 Å². The molecule has 0 aliphatic heterocycles. The molecule has 4 aromatic rings. The molecule has 6 nitrogen and oxygen atoms in total. The standard InChI is InChI=1S/C27H20N2O4S/c30-26(21-11-9-20(10-12-21)19-5-2-1-3-6-19)18-34-25-15-13-23(14-16-25)28-27(31)22-7-4-8-24(17-22)29(32)33/h1-17H,18H2,(H,28,31). The van der Waals surface area contributed by atoms with Crippen molar-refractivity contribution in [1.82, 2.24) is 0 Å². The number of carbonyl (C=O) groups excluding carboxylic acids is 2. The van der Waals surface area contributed by atoms with Crippen LogP contribution >= 0.6 is 11.8 Å². The molecule has 0 aliphatic carbocycles. The lowest BCUT2D eigenvalue weighted by Crippen LogP contribution is -2.12. The molecule has 0 aliphatic rings. The number of benzene rings is 4. The maximum Gasteiger partial charge on any atom is 0.270 e. The van der Waals surface area contributed by atoms with Crippen LogP contribution < -0.4 is 5.32 Å². The molecule has 0 aromatic heterocycles. The fourth-order valence-corrected chi connectivity index (χ4v) is 4.10. The number of Topliss-reactive ketones (excluding diaryl/α,β-unsaturated/α-hetero) is 1. The lowest BCUT2D eigenvalue weighted by molar-refractivity contribution is -0.384. The van der Waals surface area contributed by atoms with Gasteiger partial charge in [-0.05, 0) is 41.5 Å². The van der Waals surface area contributed by atoms with Crippen LogP contribution in [-0.2, 0) is 0 Å². The molecule has 0 bridgehead atoms. The Morgan fingerprint density at radius 1 is 0.765 bits per heavy atom. The highest BCUT2D eigenvalue weighted by Gasteiger charge is 2.12. The summed E-state index contributed by atoms with van der Waals surface area (Å²) in [6.45, 7) is 0. The summed E-state index contributed by atoms with van der Waals surface area (Å²) in [5.74, 6) is -0.102. The van der Waals surface area contributed by atoms with Gasteiger partial charge in [0, 0.05) is 33.8 Å². The summed E-state index contributed by atoms with van der Waals surface area (Å²) in [4.78, 5) is 36.2. The highest BCUT2D eigenvalue weighted by Crippen LogP contribution is 2.24. The van der Waals surface area contributed by atoms with Crippen molar-refractivity contribution < 1.29 is 14.5 Å².